The second kappa shape index (κ2) is 4.32. The van der Waals surface area contributed by atoms with Gasteiger partial charge in [0.15, 0.2) is 0 Å². The molecule has 0 aromatic heterocycles. The van der Waals surface area contributed by atoms with Crippen LogP contribution in [0.5, 0.6) is 0 Å². The molecule has 0 saturated carbocycles. The molecule has 15 heavy (non-hydrogen) atoms. The Morgan fingerprint density at radius 2 is 2.13 bits per heavy atom. The van der Waals surface area contributed by atoms with E-state index in [-0.39, 0.29) is 17.9 Å². The van der Waals surface area contributed by atoms with Gasteiger partial charge < -0.3 is 4.74 Å². The largest absolute Gasteiger partial charge is 0.448 e. The van der Waals surface area contributed by atoms with Crippen LogP contribution in [-0.4, -0.2) is 35.2 Å². The maximum Gasteiger partial charge on any atom is 0.423 e. The summed E-state index contributed by atoms with van der Waals surface area (Å²) in [6, 6.07) is 1.71. The molecule has 0 aromatic carbocycles. The second-order valence-corrected chi connectivity index (χ2v) is 2.66. The molecule has 0 aliphatic carbocycles. The van der Waals surface area contributed by atoms with Crippen LogP contribution in [0.1, 0.15) is 12.8 Å². The molecule has 0 radical (unpaired) electrons. The number of rotatable bonds is 2. The number of carbonyl (C=O) groups excluding carboxylic acids is 4. The lowest BCUT2D eigenvalue weighted by Crippen LogP contribution is -2.37. The summed E-state index contributed by atoms with van der Waals surface area (Å²) in [5.74, 6) is -3.01. The van der Waals surface area contributed by atoms with Crippen LogP contribution >= 0.6 is 0 Å². The average Bonchev–Trinajstić information content (AvgIpc) is 2.41. The fraction of sp³-hybridized carbons (Fsp3) is 0.375. The molecule has 7 heteroatoms. The second-order valence-electron chi connectivity index (χ2n) is 2.66. The van der Waals surface area contributed by atoms with Crippen LogP contribution in [0, 0.1) is 11.3 Å². The topological polar surface area (TPSA) is 105 Å². The van der Waals surface area contributed by atoms with Crippen molar-refractivity contribution in [3.8, 4) is 6.07 Å². The molecule has 78 valence electrons. The highest BCUT2D eigenvalue weighted by atomic mass is 16.6. The first kappa shape index (κ1) is 10.8. The molecule has 0 spiro atoms. The Hall–Kier alpha value is -2.23. The van der Waals surface area contributed by atoms with Gasteiger partial charge in [0, 0.05) is 0 Å². The maximum atomic E-state index is 11.1. The Kier molecular flexibility index (Phi) is 3.13. The van der Waals surface area contributed by atoms with E-state index in [9.17, 15) is 19.2 Å². The lowest BCUT2D eigenvalue weighted by molar-refractivity contribution is -0.141. The summed E-state index contributed by atoms with van der Waals surface area (Å²) in [4.78, 5) is 44.0. The fourth-order valence-electron chi connectivity index (χ4n) is 0.963. The number of ketones is 1. The van der Waals surface area contributed by atoms with E-state index in [1.165, 1.54) is 0 Å². The van der Waals surface area contributed by atoms with Crippen LogP contribution in [0.3, 0.4) is 0 Å². The first-order valence-electron chi connectivity index (χ1n) is 4.01. The molecular weight excluding hydrogens is 204 g/mol. The highest BCUT2D eigenvalue weighted by Gasteiger charge is 2.42. The summed E-state index contributed by atoms with van der Waals surface area (Å²) in [6.07, 6.45) is -1.85. The number of hydrogen-bond donors (Lipinski definition) is 0. The Labute approximate surface area is 84.2 Å². The van der Waals surface area contributed by atoms with Gasteiger partial charge in [0.1, 0.15) is 6.61 Å². The third-order valence-corrected chi connectivity index (χ3v) is 1.62. The van der Waals surface area contributed by atoms with Gasteiger partial charge in [-0.3, -0.25) is 14.4 Å². The predicted octanol–water partition coefficient (Wildman–Crippen LogP) is -0.635. The smallest absolute Gasteiger partial charge is 0.423 e. The van der Waals surface area contributed by atoms with E-state index >= 15 is 0 Å². The number of hydrogen-bond acceptors (Lipinski definition) is 6. The van der Waals surface area contributed by atoms with Gasteiger partial charge in [-0.2, -0.15) is 10.2 Å². The Balaban J connectivity index is 2.60. The number of carbonyl (C=O) groups is 4. The molecule has 1 fully saturated rings. The molecule has 0 bridgehead atoms. The van der Waals surface area contributed by atoms with E-state index in [0.717, 1.165) is 0 Å². The first-order chi connectivity index (χ1) is 7.07. The van der Waals surface area contributed by atoms with Crippen molar-refractivity contribution in [3.63, 3.8) is 0 Å². The highest BCUT2D eigenvalue weighted by Crippen LogP contribution is 2.10. The van der Waals surface area contributed by atoms with E-state index in [4.69, 9.17) is 5.26 Å². The van der Waals surface area contributed by atoms with Gasteiger partial charge in [0.05, 0.1) is 18.9 Å². The number of Topliss-reactive ketones (excluding diaryl/α,β-unsaturated/α-hetero) is 1. The zero-order chi connectivity index (χ0) is 11.4. The average molecular weight is 210 g/mol. The molecule has 0 unspecified atom stereocenters. The van der Waals surface area contributed by atoms with E-state index in [1.807, 2.05) is 0 Å². The minimum Gasteiger partial charge on any atom is -0.448 e. The van der Waals surface area contributed by atoms with E-state index in [1.54, 1.807) is 6.07 Å². The monoisotopic (exact) mass is 210 g/mol. The lowest BCUT2D eigenvalue weighted by atomic mass is 10.3. The Morgan fingerprint density at radius 3 is 2.60 bits per heavy atom. The number of likely N-dealkylation sites (tertiary alicyclic amines) is 1. The number of imide groups is 3. The van der Waals surface area contributed by atoms with Crippen molar-refractivity contribution >= 4 is 23.7 Å². The summed E-state index contributed by atoms with van der Waals surface area (Å²) < 4.78 is 4.43. The molecule has 1 aliphatic rings. The van der Waals surface area contributed by atoms with Crippen molar-refractivity contribution < 1.29 is 23.9 Å². The molecular formula is C8H6N2O5. The van der Waals surface area contributed by atoms with Crippen molar-refractivity contribution in [1.29, 1.82) is 5.26 Å². The highest BCUT2D eigenvalue weighted by molar-refractivity contribution is 6.49. The molecule has 7 nitrogen and oxygen atoms in total. The maximum absolute atomic E-state index is 11.1. The molecule has 1 saturated heterocycles. The first-order valence-corrected chi connectivity index (χ1v) is 4.01. The summed E-state index contributed by atoms with van der Waals surface area (Å²) >= 11 is 0. The van der Waals surface area contributed by atoms with Crippen molar-refractivity contribution in [3.05, 3.63) is 0 Å². The molecule has 0 aromatic rings. The van der Waals surface area contributed by atoms with Crippen molar-refractivity contribution in [2.75, 3.05) is 6.61 Å². The van der Waals surface area contributed by atoms with E-state index < -0.39 is 30.1 Å². The van der Waals surface area contributed by atoms with Crippen molar-refractivity contribution in [2.24, 2.45) is 0 Å². The van der Waals surface area contributed by atoms with Crippen LogP contribution in [0.15, 0.2) is 0 Å². The molecule has 1 aliphatic heterocycles. The third kappa shape index (κ3) is 2.17. The number of amides is 3. The van der Waals surface area contributed by atoms with Gasteiger partial charge in [-0.15, -0.1) is 0 Å². The van der Waals surface area contributed by atoms with Crippen LogP contribution in [-0.2, 0) is 19.1 Å². The van der Waals surface area contributed by atoms with Gasteiger partial charge >= 0.3 is 12.0 Å². The molecule has 1 heterocycles. The SMILES string of the molecule is N#CCCOC(=O)N1C(=O)CC(=O)C1=O. The fourth-order valence-corrected chi connectivity index (χ4v) is 0.963. The summed E-state index contributed by atoms with van der Waals surface area (Å²) in [7, 11) is 0. The van der Waals surface area contributed by atoms with Crippen LogP contribution < -0.4 is 0 Å². The van der Waals surface area contributed by atoms with E-state index in [2.05, 4.69) is 4.74 Å². The minimum atomic E-state index is -1.20. The third-order valence-electron chi connectivity index (χ3n) is 1.62. The van der Waals surface area contributed by atoms with Crippen LogP contribution in [0.25, 0.3) is 0 Å². The van der Waals surface area contributed by atoms with Crippen LogP contribution in [0.4, 0.5) is 4.79 Å². The normalized spacial score (nSPS) is 15.4. The number of nitriles is 1. The summed E-state index contributed by atoms with van der Waals surface area (Å²) in [6.45, 7) is -0.222. The number of ether oxygens (including phenoxy) is 1. The Morgan fingerprint density at radius 1 is 1.47 bits per heavy atom. The number of nitrogens with zero attached hydrogens (tertiary/aromatic N) is 2. The quantitative estimate of drug-likeness (QED) is 0.260. The van der Waals surface area contributed by atoms with Crippen LogP contribution in [0.2, 0.25) is 0 Å². The summed E-state index contributed by atoms with van der Waals surface area (Å²) in [5, 5.41) is 8.15. The predicted molar refractivity (Wildman–Crippen MR) is 43.1 cm³/mol. The van der Waals surface area contributed by atoms with Gasteiger partial charge in [-0.05, 0) is 0 Å². The zero-order valence-corrected chi connectivity index (χ0v) is 7.56. The van der Waals surface area contributed by atoms with Crippen molar-refractivity contribution in [1.82, 2.24) is 4.90 Å². The zero-order valence-electron chi connectivity index (χ0n) is 7.56. The van der Waals surface area contributed by atoms with Gasteiger partial charge in [-0.1, -0.05) is 0 Å². The van der Waals surface area contributed by atoms with E-state index in [0.29, 0.717) is 0 Å². The molecule has 1 rings (SSSR count). The molecule has 0 atom stereocenters. The summed E-state index contributed by atoms with van der Waals surface area (Å²) in [5.41, 5.74) is 0. The van der Waals surface area contributed by atoms with Gasteiger partial charge in [0.2, 0.25) is 11.7 Å². The van der Waals surface area contributed by atoms with Crippen molar-refractivity contribution in [2.45, 2.75) is 12.8 Å². The minimum absolute atomic E-state index is 0.0457. The van der Waals surface area contributed by atoms with Gasteiger partial charge in [0.25, 0.3) is 0 Å². The standard InChI is InChI=1S/C8H6N2O5/c9-2-1-3-15-8(14)10-6(12)4-5(11)7(10)13/h1,3-4H2. The Bertz CT molecular complexity index is 381. The molecule has 0 N–H and O–H groups in total. The molecule has 3 amide bonds. The lowest BCUT2D eigenvalue weighted by Gasteiger charge is -2.09. The van der Waals surface area contributed by atoms with Gasteiger partial charge in [-0.25, -0.2) is 4.79 Å².